The van der Waals surface area contributed by atoms with Gasteiger partial charge in [-0.1, -0.05) is 24.3 Å². The molecule has 0 saturated carbocycles. The van der Waals surface area contributed by atoms with E-state index >= 15 is 0 Å². The monoisotopic (exact) mass is 417 g/mol. The molecular weight excluding hydrogens is 390 g/mol. The van der Waals surface area contributed by atoms with Gasteiger partial charge in [0.25, 0.3) is 0 Å². The van der Waals surface area contributed by atoms with Crippen LogP contribution in [0.1, 0.15) is 47.2 Å². The summed E-state index contributed by atoms with van der Waals surface area (Å²) in [6.45, 7) is 1.63. The Hall–Kier alpha value is -3.19. The largest absolute Gasteiger partial charge is 0.478 e. The molecule has 2 N–H and O–H groups in total. The Morgan fingerprint density at radius 1 is 0.968 bits per heavy atom. The van der Waals surface area contributed by atoms with E-state index in [0.717, 1.165) is 25.9 Å². The molecule has 2 aliphatic heterocycles. The number of piperidine rings is 1. The first kappa shape index (κ1) is 19.8. The molecule has 3 aromatic rings. The Kier molecular flexibility index (Phi) is 5.42. The van der Waals surface area contributed by atoms with Crippen molar-refractivity contribution in [1.82, 2.24) is 19.7 Å². The number of aromatic carboxylic acids is 1. The summed E-state index contributed by atoms with van der Waals surface area (Å²) < 4.78 is 1.82. The van der Waals surface area contributed by atoms with E-state index in [-0.39, 0.29) is 0 Å². The van der Waals surface area contributed by atoms with Gasteiger partial charge in [-0.05, 0) is 61.1 Å². The Bertz CT molecular complexity index is 1000. The van der Waals surface area contributed by atoms with E-state index in [9.17, 15) is 4.79 Å². The molecule has 31 heavy (non-hydrogen) atoms. The maximum absolute atomic E-state index is 11.1. The summed E-state index contributed by atoms with van der Waals surface area (Å²) in [4.78, 5) is 17.7. The number of anilines is 1. The molecule has 1 aromatic heterocycles. The number of rotatable bonds is 7. The Labute approximate surface area is 181 Å². The molecule has 2 atom stereocenters. The van der Waals surface area contributed by atoms with Crippen molar-refractivity contribution in [3.63, 3.8) is 0 Å². The molecule has 0 spiro atoms. The highest BCUT2D eigenvalue weighted by Crippen LogP contribution is 2.38. The smallest absolute Gasteiger partial charge is 0.335 e. The van der Waals surface area contributed by atoms with E-state index in [4.69, 9.17) is 5.11 Å². The van der Waals surface area contributed by atoms with Crippen LogP contribution in [0, 0.1) is 0 Å². The van der Waals surface area contributed by atoms with E-state index in [1.807, 2.05) is 16.8 Å². The van der Waals surface area contributed by atoms with Crippen LogP contribution in [0.4, 0.5) is 5.69 Å². The summed E-state index contributed by atoms with van der Waals surface area (Å²) in [6, 6.07) is 17.6. The van der Waals surface area contributed by atoms with Gasteiger partial charge in [-0.2, -0.15) is 5.10 Å². The van der Waals surface area contributed by atoms with Crippen LogP contribution < -0.4 is 5.32 Å². The molecule has 2 aliphatic rings. The zero-order valence-corrected chi connectivity index (χ0v) is 17.4. The Morgan fingerprint density at radius 3 is 2.23 bits per heavy atom. The molecule has 0 aliphatic carbocycles. The minimum atomic E-state index is -0.870. The van der Waals surface area contributed by atoms with Crippen molar-refractivity contribution >= 4 is 11.7 Å². The van der Waals surface area contributed by atoms with Gasteiger partial charge in [-0.15, -0.1) is 0 Å². The first-order valence-electron chi connectivity index (χ1n) is 10.9. The molecule has 2 aromatic carbocycles. The number of carbonyl (C=O) groups is 1. The second-order valence-corrected chi connectivity index (χ2v) is 8.66. The number of fused-ring (bicyclic) bond motifs is 2. The Morgan fingerprint density at radius 2 is 1.61 bits per heavy atom. The molecule has 5 rings (SSSR count). The van der Waals surface area contributed by atoms with Gasteiger partial charge in [0, 0.05) is 30.4 Å². The lowest BCUT2D eigenvalue weighted by atomic mass is 9.96. The van der Waals surface area contributed by atoms with Gasteiger partial charge in [-0.25, -0.2) is 14.5 Å². The second-order valence-electron chi connectivity index (χ2n) is 8.66. The van der Waals surface area contributed by atoms with Crippen LogP contribution in [0.25, 0.3) is 0 Å². The summed E-state index contributed by atoms with van der Waals surface area (Å²) in [5.41, 5.74) is 3.92. The standard InChI is InChI=1S/C24H27N5O2/c30-24(31)19-5-1-18(2-6-19)14-29-22-9-10-23(29)12-21(11-22)27-20-7-3-17(4-8-20)13-28-16-25-15-26-28/h1-8,15-16,21-23,27H,9-14H2,(H,30,31). The van der Waals surface area contributed by atoms with Gasteiger partial charge in [0.15, 0.2) is 0 Å². The highest BCUT2D eigenvalue weighted by molar-refractivity contribution is 5.87. The maximum Gasteiger partial charge on any atom is 0.335 e. The SMILES string of the molecule is O=C(O)c1ccc(CN2C3CCC2CC(Nc2ccc(Cn4cncn4)cc2)C3)cc1. The van der Waals surface area contributed by atoms with Crippen molar-refractivity contribution in [2.24, 2.45) is 0 Å². The van der Waals surface area contributed by atoms with E-state index in [2.05, 4.69) is 44.6 Å². The van der Waals surface area contributed by atoms with Crippen LogP contribution >= 0.6 is 0 Å². The van der Waals surface area contributed by atoms with Crippen LogP contribution in [-0.2, 0) is 13.1 Å². The van der Waals surface area contributed by atoms with E-state index < -0.39 is 5.97 Å². The summed E-state index contributed by atoms with van der Waals surface area (Å²) in [5, 5.41) is 17.0. The number of carboxylic acids is 1. The van der Waals surface area contributed by atoms with Gasteiger partial charge in [0.1, 0.15) is 12.7 Å². The summed E-state index contributed by atoms with van der Waals surface area (Å²) >= 11 is 0. The number of nitrogens with one attached hydrogen (secondary N) is 1. The topological polar surface area (TPSA) is 83.3 Å². The molecule has 2 saturated heterocycles. The van der Waals surface area contributed by atoms with Crippen LogP contribution in [0.2, 0.25) is 0 Å². The zero-order valence-electron chi connectivity index (χ0n) is 17.4. The average Bonchev–Trinajstić information content (AvgIpc) is 3.35. The third-order valence-electron chi connectivity index (χ3n) is 6.59. The third kappa shape index (κ3) is 4.46. The number of benzene rings is 2. The quantitative estimate of drug-likeness (QED) is 0.611. The van der Waals surface area contributed by atoms with Gasteiger partial charge >= 0.3 is 5.97 Å². The molecule has 7 heteroatoms. The van der Waals surface area contributed by atoms with E-state index in [1.165, 1.54) is 29.7 Å². The first-order valence-corrected chi connectivity index (χ1v) is 10.9. The summed E-state index contributed by atoms with van der Waals surface area (Å²) in [7, 11) is 0. The normalized spacial score (nSPS) is 23.0. The summed E-state index contributed by atoms with van der Waals surface area (Å²) in [5.74, 6) is -0.870. The zero-order chi connectivity index (χ0) is 21.2. The molecular formula is C24H27N5O2. The van der Waals surface area contributed by atoms with Crippen molar-refractivity contribution in [3.8, 4) is 0 Å². The number of nitrogens with zero attached hydrogens (tertiary/aromatic N) is 4. The van der Waals surface area contributed by atoms with E-state index in [0.29, 0.717) is 23.7 Å². The van der Waals surface area contributed by atoms with Crippen LogP contribution in [-0.4, -0.2) is 48.9 Å². The van der Waals surface area contributed by atoms with Crippen molar-refractivity contribution in [1.29, 1.82) is 0 Å². The van der Waals surface area contributed by atoms with Crippen LogP contribution in [0.3, 0.4) is 0 Å². The molecule has 2 fully saturated rings. The highest BCUT2D eigenvalue weighted by Gasteiger charge is 2.40. The molecule has 0 amide bonds. The molecule has 2 bridgehead atoms. The number of carboxylic acid groups (broad SMARTS) is 1. The minimum Gasteiger partial charge on any atom is -0.478 e. The fourth-order valence-electron chi connectivity index (χ4n) is 5.06. The Balaban J connectivity index is 1.17. The number of hydrogen-bond acceptors (Lipinski definition) is 5. The highest BCUT2D eigenvalue weighted by atomic mass is 16.4. The van der Waals surface area contributed by atoms with Crippen molar-refractivity contribution in [3.05, 3.63) is 77.9 Å². The first-order chi connectivity index (χ1) is 15.1. The molecule has 7 nitrogen and oxygen atoms in total. The predicted molar refractivity (Wildman–Crippen MR) is 118 cm³/mol. The van der Waals surface area contributed by atoms with Crippen LogP contribution in [0.5, 0.6) is 0 Å². The fourth-order valence-corrected chi connectivity index (χ4v) is 5.06. The molecule has 2 unspecified atom stereocenters. The van der Waals surface area contributed by atoms with Gasteiger partial charge in [0.05, 0.1) is 12.1 Å². The van der Waals surface area contributed by atoms with Crippen LogP contribution in [0.15, 0.2) is 61.2 Å². The summed E-state index contributed by atoms with van der Waals surface area (Å²) in [6.07, 6.45) is 8.06. The van der Waals surface area contributed by atoms with Gasteiger partial charge < -0.3 is 10.4 Å². The number of hydrogen-bond donors (Lipinski definition) is 2. The van der Waals surface area contributed by atoms with E-state index in [1.54, 1.807) is 24.8 Å². The lowest BCUT2D eigenvalue weighted by Crippen LogP contribution is -2.46. The second kappa shape index (κ2) is 8.51. The maximum atomic E-state index is 11.1. The minimum absolute atomic E-state index is 0.349. The average molecular weight is 418 g/mol. The molecule has 160 valence electrons. The van der Waals surface area contributed by atoms with Gasteiger partial charge in [0.2, 0.25) is 0 Å². The lowest BCUT2D eigenvalue weighted by Gasteiger charge is -2.39. The molecule has 3 heterocycles. The van der Waals surface area contributed by atoms with Crippen molar-refractivity contribution < 1.29 is 9.90 Å². The third-order valence-corrected chi connectivity index (χ3v) is 6.59. The number of aromatic nitrogens is 3. The van der Waals surface area contributed by atoms with Crippen molar-refractivity contribution in [2.45, 2.75) is 56.9 Å². The molecule has 0 radical (unpaired) electrons. The predicted octanol–water partition coefficient (Wildman–Crippen LogP) is 3.63. The fraction of sp³-hybridized carbons (Fsp3) is 0.375. The lowest BCUT2D eigenvalue weighted by molar-refractivity contribution is 0.0696. The van der Waals surface area contributed by atoms with Gasteiger partial charge in [-0.3, -0.25) is 4.90 Å². The van der Waals surface area contributed by atoms with Crippen molar-refractivity contribution in [2.75, 3.05) is 5.32 Å².